The number of hydrogen-bond donors (Lipinski definition) is 1. The van der Waals surface area contributed by atoms with Crippen molar-refractivity contribution in [2.75, 3.05) is 14.2 Å². The Morgan fingerprint density at radius 2 is 1.90 bits per heavy atom. The van der Waals surface area contributed by atoms with Crippen LogP contribution in [0.15, 0.2) is 24.3 Å². The molecule has 0 bridgehead atoms. The lowest BCUT2D eigenvalue weighted by Gasteiger charge is -2.08. The van der Waals surface area contributed by atoms with Gasteiger partial charge in [0, 0.05) is 5.56 Å². The average molecular weight is 276 g/mol. The fraction of sp³-hybridized carbons (Fsp3) is 0.286. The van der Waals surface area contributed by atoms with Crippen LogP contribution in [0.1, 0.15) is 11.3 Å². The van der Waals surface area contributed by atoms with Crippen molar-refractivity contribution in [3.8, 4) is 17.3 Å². The van der Waals surface area contributed by atoms with Crippen molar-refractivity contribution in [3.05, 3.63) is 35.5 Å². The van der Waals surface area contributed by atoms with Gasteiger partial charge in [0.05, 0.1) is 32.0 Å². The second-order valence-corrected chi connectivity index (χ2v) is 4.25. The molecule has 0 spiro atoms. The Hall–Kier alpha value is -2.50. The third kappa shape index (κ3) is 2.59. The first-order valence-electron chi connectivity index (χ1n) is 6.05. The van der Waals surface area contributed by atoms with E-state index in [2.05, 4.69) is 5.10 Å². The topological polar surface area (TPSA) is 73.6 Å². The van der Waals surface area contributed by atoms with Gasteiger partial charge in [-0.25, -0.2) is 4.68 Å². The van der Waals surface area contributed by atoms with Gasteiger partial charge in [-0.2, -0.15) is 5.10 Å². The van der Waals surface area contributed by atoms with Crippen molar-refractivity contribution in [2.45, 2.75) is 13.3 Å². The first kappa shape index (κ1) is 13.9. The minimum absolute atomic E-state index is 0.120. The molecule has 106 valence electrons. The predicted molar refractivity (Wildman–Crippen MR) is 72.7 cm³/mol. The fourth-order valence-corrected chi connectivity index (χ4v) is 2.00. The number of aryl methyl sites for hydroxylation is 1. The van der Waals surface area contributed by atoms with Crippen LogP contribution in [-0.4, -0.2) is 35.1 Å². The highest BCUT2D eigenvalue weighted by atomic mass is 16.5. The van der Waals surface area contributed by atoms with Crippen LogP contribution < -0.4 is 9.47 Å². The Morgan fingerprint density at radius 3 is 2.40 bits per heavy atom. The summed E-state index contributed by atoms with van der Waals surface area (Å²) in [4.78, 5) is 10.9. The smallest absolute Gasteiger partial charge is 0.308 e. The van der Waals surface area contributed by atoms with Crippen LogP contribution in [0.25, 0.3) is 5.69 Å². The maximum absolute atomic E-state index is 10.9. The summed E-state index contributed by atoms with van der Waals surface area (Å²) in [6.45, 7) is 1.76. The molecule has 1 heterocycles. The van der Waals surface area contributed by atoms with Crippen molar-refractivity contribution in [3.63, 3.8) is 0 Å². The van der Waals surface area contributed by atoms with E-state index in [0.717, 1.165) is 11.4 Å². The number of ether oxygens (including phenoxy) is 2. The number of rotatable bonds is 5. The largest absolute Gasteiger partial charge is 0.497 e. The Kier molecular flexibility index (Phi) is 3.93. The van der Waals surface area contributed by atoms with Gasteiger partial charge in [-0.15, -0.1) is 0 Å². The summed E-state index contributed by atoms with van der Waals surface area (Å²) in [5, 5.41) is 13.3. The summed E-state index contributed by atoms with van der Waals surface area (Å²) < 4.78 is 12.0. The molecule has 2 rings (SSSR count). The molecule has 0 unspecified atom stereocenters. The predicted octanol–water partition coefficient (Wildman–Crippen LogP) is 1.83. The van der Waals surface area contributed by atoms with Crippen molar-refractivity contribution in [1.29, 1.82) is 0 Å². The molecule has 0 aliphatic rings. The van der Waals surface area contributed by atoms with Gasteiger partial charge in [0.2, 0.25) is 5.88 Å². The first-order chi connectivity index (χ1) is 9.56. The Morgan fingerprint density at radius 1 is 1.25 bits per heavy atom. The zero-order valence-electron chi connectivity index (χ0n) is 11.6. The number of carboxylic acid groups (broad SMARTS) is 1. The summed E-state index contributed by atoms with van der Waals surface area (Å²) in [5.74, 6) is 0.262. The Labute approximate surface area is 116 Å². The molecule has 1 aromatic carbocycles. The van der Waals surface area contributed by atoms with E-state index >= 15 is 0 Å². The van der Waals surface area contributed by atoms with Crippen LogP contribution in [0.3, 0.4) is 0 Å². The van der Waals surface area contributed by atoms with Crippen molar-refractivity contribution in [2.24, 2.45) is 0 Å². The highest BCUT2D eigenvalue weighted by Gasteiger charge is 2.19. The first-order valence-corrected chi connectivity index (χ1v) is 6.05. The van der Waals surface area contributed by atoms with Crippen LogP contribution in [0.4, 0.5) is 0 Å². The molecule has 0 aliphatic heterocycles. The van der Waals surface area contributed by atoms with Gasteiger partial charge < -0.3 is 14.6 Å². The van der Waals surface area contributed by atoms with Crippen molar-refractivity contribution in [1.82, 2.24) is 9.78 Å². The number of methoxy groups -OCH3 is 2. The number of nitrogens with zero attached hydrogens (tertiary/aromatic N) is 2. The van der Waals surface area contributed by atoms with Crippen LogP contribution in [0.2, 0.25) is 0 Å². The molecule has 6 heteroatoms. The van der Waals surface area contributed by atoms with Crippen LogP contribution in [0, 0.1) is 6.92 Å². The molecular weight excluding hydrogens is 260 g/mol. The lowest BCUT2D eigenvalue weighted by molar-refractivity contribution is -0.136. The Bertz CT molecular complexity index is 617. The molecule has 0 saturated carbocycles. The second kappa shape index (κ2) is 5.64. The monoisotopic (exact) mass is 276 g/mol. The molecule has 0 atom stereocenters. The molecular formula is C14H16N2O4. The van der Waals surface area contributed by atoms with Gasteiger partial charge in [-0.1, -0.05) is 0 Å². The van der Waals surface area contributed by atoms with Crippen LogP contribution >= 0.6 is 0 Å². The van der Waals surface area contributed by atoms with E-state index in [-0.39, 0.29) is 6.42 Å². The zero-order valence-corrected chi connectivity index (χ0v) is 11.6. The summed E-state index contributed by atoms with van der Waals surface area (Å²) >= 11 is 0. The quantitative estimate of drug-likeness (QED) is 0.901. The van der Waals surface area contributed by atoms with Crippen LogP contribution in [0.5, 0.6) is 11.6 Å². The summed E-state index contributed by atoms with van der Waals surface area (Å²) in [7, 11) is 3.10. The fourth-order valence-electron chi connectivity index (χ4n) is 2.00. The van der Waals surface area contributed by atoms with Gasteiger partial charge in [0.25, 0.3) is 0 Å². The minimum Gasteiger partial charge on any atom is -0.497 e. The lowest BCUT2D eigenvalue weighted by atomic mass is 10.2. The van der Waals surface area contributed by atoms with Crippen molar-refractivity contribution < 1.29 is 19.4 Å². The van der Waals surface area contributed by atoms with Crippen LogP contribution in [-0.2, 0) is 11.2 Å². The molecule has 0 aliphatic carbocycles. The van der Waals surface area contributed by atoms with Gasteiger partial charge >= 0.3 is 5.97 Å². The van der Waals surface area contributed by atoms with Gasteiger partial charge in [-0.05, 0) is 31.2 Å². The molecule has 2 aromatic rings. The molecule has 1 aromatic heterocycles. The highest BCUT2D eigenvalue weighted by molar-refractivity contribution is 5.71. The van der Waals surface area contributed by atoms with E-state index < -0.39 is 5.97 Å². The maximum Gasteiger partial charge on any atom is 0.308 e. The van der Waals surface area contributed by atoms with E-state index in [1.54, 1.807) is 18.7 Å². The molecule has 1 N–H and O–H groups in total. The molecule has 0 amide bonds. The normalized spacial score (nSPS) is 10.3. The number of aliphatic carboxylic acids is 1. The summed E-state index contributed by atoms with van der Waals surface area (Å²) in [6, 6.07) is 7.28. The zero-order chi connectivity index (χ0) is 14.7. The standard InChI is InChI=1S/C14H16N2O4/c1-9-12(8-13(17)18)14(20-3)16(15-9)10-4-6-11(19-2)7-5-10/h4-7H,8H2,1-3H3,(H,17,18). The van der Waals surface area contributed by atoms with E-state index in [9.17, 15) is 4.79 Å². The average Bonchev–Trinajstić information content (AvgIpc) is 2.75. The summed E-state index contributed by atoms with van der Waals surface area (Å²) in [5.41, 5.74) is 2.00. The van der Waals surface area contributed by atoms with Gasteiger partial charge in [0.1, 0.15) is 5.75 Å². The number of carbonyl (C=O) groups is 1. The number of hydrogen-bond acceptors (Lipinski definition) is 4. The summed E-state index contributed by atoms with van der Waals surface area (Å²) in [6.07, 6.45) is -0.120. The maximum atomic E-state index is 10.9. The SMILES string of the molecule is COc1ccc(-n2nc(C)c(CC(=O)O)c2OC)cc1. The molecule has 6 nitrogen and oxygen atoms in total. The van der Waals surface area contributed by atoms with E-state index in [4.69, 9.17) is 14.6 Å². The third-order valence-corrected chi connectivity index (χ3v) is 2.98. The molecule has 0 saturated heterocycles. The van der Waals surface area contributed by atoms with Gasteiger partial charge in [0.15, 0.2) is 0 Å². The molecule has 0 radical (unpaired) electrons. The van der Waals surface area contributed by atoms with E-state index in [0.29, 0.717) is 17.1 Å². The second-order valence-electron chi connectivity index (χ2n) is 4.25. The minimum atomic E-state index is -0.916. The van der Waals surface area contributed by atoms with E-state index in [1.807, 2.05) is 24.3 Å². The van der Waals surface area contributed by atoms with Crippen molar-refractivity contribution >= 4 is 5.97 Å². The number of benzene rings is 1. The number of aromatic nitrogens is 2. The number of carboxylic acids is 1. The molecule has 0 fully saturated rings. The van der Waals surface area contributed by atoms with E-state index in [1.165, 1.54) is 7.11 Å². The van der Waals surface area contributed by atoms with Gasteiger partial charge in [-0.3, -0.25) is 4.79 Å². The third-order valence-electron chi connectivity index (χ3n) is 2.98. The molecule has 20 heavy (non-hydrogen) atoms. The highest BCUT2D eigenvalue weighted by Crippen LogP contribution is 2.27. The Balaban J connectivity index is 2.47. The lowest BCUT2D eigenvalue weighted by Crippen LogP contribution is -2.04.